The fourth-order valence-electron chi connectivity index (χ4n) is 4.45. The van der Waals surface area contributed by atoms with Gasteiger partial charge in [0.2, 0.25) is 0 Å². The van der Waals surface area contributed by atoms with Gasteiger partial charge in [-0.05, 0) is 48.5 Å². The second-order valence-electron chi connectivity index (χ2n) is 8.31. The maximum atomic E-state index is 10.6. The Morgan fingerprint density at radius 2 is 0.806 bits per heavy atom. The van der Waals surface area contributed by atoms with Crippen LogP contribution >= 0.6 is 0 Å². The van der Waals surface area contributed by atoms with Gasteiger partial charge in [0.05, 0.1) is 34.9 Å². The Kier molecular flexibility index (Phi) is 5.31. The molecule has 174 valence electrons. The van der Waals surface area contributed by atoms with Crippen molar-refractivity contribution < 1.29 is 10.2 Å². The van der Waals surface area contributed by atoms with Crippen LogP contribution in [-0.2, 0) is 0 Å². The lowest BCUT2D eigenvalue weighted by atomic mass is 10.1. The normalized spacial score (nSPS) is 11.0. The molecular formula is C30H22N4O2. The Morgan fingerprint density at radius 1 is 0.444 bits per heavy atom. The van der Waals surface area contributed by atoms with Crippen LogP contribution < -0.4 is 0 Å². The first kappa shape index (κ1) is 21.4. The molecule has 0 unspecified atom stereocenters. The molecule has 0 aliphatic rings. The number of imidazole rings is 2. The SMILES string of the molecule is Oc1ccccc1-c1ncc(-c2cnc(-c3ccccc3O)n2-c2ccccc2)n1-c1ccccc1. The predicted octanol–water partition coefficient (Wildman–Crippen LogP) is 6.47. The molecule has 6 rings (SSSR count). The smallest absolute Gasteiger partial charge is 0.148 e. The van der Waals surface area contributed by atoms with Crippen molar-refractivity contribution in [2.75, 3.05) is 0 Å². The summed E-state index contributed by atoms with van der Waals surface area (Å²) < 4.78 is 4.03. The summed E-state index contributed by atoms with van der Waals surface area (Å²) in [5.74, 6) is 1.52. The van der Waals surface area contributed by atoms with Crippen LogP contribution in [0.1, 0.15) is 0 Å². The molecule has 0 aliphatic heterocycles. The zero-order chi connectivity index (χ0) is 24.5. The van der Waals surface area contributed by atoms with E-state index in [0.717, 1.165) is 22.8 Å². The van der Waals surface area contributed by atoms with Crippen molar-refractivity contribution in [1.29, 1.82) is 0 Å². The number of hydrogen-bond acceptors (Lipinski definition) is 4. The number of hydrogen-bond donors (Lipinski definition) is 2. The summed E-state index contributed by atoms with van der Waals surface area (Å²) in [5.41, 5.74) is 4.62. The van der Waals surface area contributed by atoms with Crippen LogP contribution in [0.15, 0.2) is 122 Å². The van der Waals surface area contributed by atoms with Gasteiger partial charge < -0.3 is 10.2 Å². The van der Waals surface area contributed by atoms with Gasteiger partial charge in [-0.25, -0.2) is 9.97 Å². The van der Waals surface area contributed by atoms with Crippen molar-refractivity contribution in [3.63, 3.8) is 0 Å². The topological polar surface area (TPSA) is 76.1 Å². The lowest BCUT2D eigenvalue weighted by Gasteiger charge is -2.16. The minimum atomic E-state index is 0.151. The molecule has 2 heterocycles. The largest absolute Gasteiger partial charge is 0.507 e. The molecule has 0 saturated heterocycles. The third kappa shape index (κ3) is 3.61. The summed E-state index contributed by atoms with van der Waals surface area (Å²) in [6.45, 7) is 0. The lowest BCUT2D eigenvalue weighted by Crippen LogP contribution is -2.04. The maximum Gasteiger partial charge on any atom is 0.148 e. The Balaban J connectivity index is 1.66. The molecule has 6 aromatic rings. The number of rotatable bonds is 5. The van der Waals surface area contributed by atoms with E-state index in [1.165, 1.54) is 0 Å². The Morgan fingerprint density at radius 3 is 1.19 bits per heavy atom. The van der Waals surface area contributed by atoms with Gasteiger partial charge in [-0.2, -0.15) is 0 Å². The average molecular weight is 471 g/mol. The first-order valence-electron chi connectivity index (χ1n) is 11.6. The third-order valence-electron chi connectivity index (χ3n) is 6.10. The van der Waals surface area contributed by atoms with Crippen LogP contribution in [0.3, 0.4) is 0 Å². The van der Waals surface area contributed by atoms with Crippen LogP contribution in [0.5, 0.6) is 11.5 Å². The molecule has 0 bridgehead atoms. The average Bonchev–Trinajstić information content (AvgIpc) is 3.55. The molecule has 2 N–H and O–H groups in total. The van der Waals surface area contributed by atoms with Crippen molar-refractivity contribution in [2.45, 2.75) is 0 Å². The first-order valence-corrected chi connectivity index (χ1v) is 11.6. The van der Waals surface area contributed by atoms with E-state index >= 15 is 0 Å². The Labute approximate surface area is 208 Å². The zero-order valence-corrected chi connectivity index (χ0v) is 19.2. The summed E-state index contributed by atoms with van der Waals surface area (Å²) in [5, 5.41) is 21.3. The monoisotopic (exact) mass is 470 g/mol. The Hall–Kier alpha value is -5.10. The van der Waals surface area contributed by atoms with E-state index in [4.69, 9.17) is 9.97 Å². The summed E-state index contributed by atoms with van der Waals surface area (Å²) in [6, 6.07) is 34.2. The van der Waals surface area contributed by atoms with Crippen molar-refractivity contribution in [2.24, 2.45) is 0 Å². The fourth-order valence-corrected chi connectivity index (χ4v) is 4.45. The molecule has 0 saturated carbocycles. The molecule has 0 spiro atoms. The summed E-state index contributed by atoms with van der Waals surface area (Å²) in [4.78, 5) is 9.49. The molecule has 0 fully saturated rings. The van der Waals surface area contributed by atoms with Gasteiger partial charge in [0.1, 0.15) is 23.1 Å². The second kappa shape index (κ2) is 8.92. The molecule has 0 atom stereocenters. The molecule has 0 aliphatic carbocycles. The van der Waals surface area contributed by atoms with Crippen LogP contribution in [0, 0.1) is 0 Å². The van der Waals surface area contributed by atoms with Crippen molar-refractivity contribution in [3.8, 4) is 57.0 Å². The van der Waals surface area contributed by atoms with Crippen molar-refractivity contribution in [1.82, 2.24) is 19.1 Å². The van der Waals surface area contributed by atoms with Crippen molar-refractivity contribution >= 4 is 0 Å². The van der Waals surface area contributed by atoms with Gasteiger partial charge in [0.25, 0.3) is 0 Å². The highest BCUT2D eigenvalue weighted by atomic mass is 16.3. The third-order valence-corrected chi connectivity index (χ3v) is 6.10. The second-order valence-corrected chi connectivity index (χ2v) is 8.31. The summed E-state index contributed by atoms with van der Waals surface area (Å²) in [6.07, 6.45) is 3.58. The van der Waals surface area contributed by atoms with E-state index < -0.39 is 0 Å². The fraction of sp³-hybridized carbons (Fsp3) is 0. The molecule has 6 heteroatoms. The summed E-state index contributed by atoms with van der Waals surface area (Å²) in [7, 11) is 0. The summed E-state index contributed by atoms with van der Waals surface area (Å²) >= 11 is 0. The quantitative estimate of drug-likeness (QED) is 0.303. The van der Waals surface area contributed by atoms with Gasteiger partial charge in [0, 0.05) is 11.4 Å². The lowest BCUT2D eigenvalue weighted by molar-refractivity contribution is 0.476. The highest BCUT2D eigenvalue weighted by Gasteiger charge is 2.23. The van der Waals surface area contributed by atoms with Crippen LogP contribution in [-0.4, -0.2) is 29.3 Å². The van der Waals surface area contributed by atoms with Gasteiger partial charge in [-0.15, -0.1) is 0 Å². The van der Waals surface area contributed by atoms with E-state index in [1.54, 1.807) is 36.7 Å². The van der Waals surface area contributed by atoms with Crippen molar-refractivity contribution in [3.05, 3.63) is 122 Å². The minimum Gasteiger partial charge on any atom is -0.507 e. The molecule has 36 heavy (non-hydrogen) atoms. The van der Waals surface area contributed by atoms with E-state index in [-0.39, 0.29) is 11.5 Å². The van der Waals surface area contributed by atoms with Crippen LogP contribution in [0.4, 0.5) is 0 Å². The number of para-hydroxylation sites is 4. The minimum absolute atomic E-state index is 0.151. The van der Waals surface area contributed by atoms with E-state index in [9.17, 15) is 10.2 Å². The number of nitrogens with zero attached hydrogens (tertiary/aromatic N) is 4. The number of phenolic OH excluding ortho intramolecular Hbond substituents is 2. The van der Waals surface area contributed by atoms with Crippen LogP contribution in [0.25, 0.3) is 45.5 Å². The number of aromatic hydroxyl groups is 2. The highest BCUT2D eigenvalue weighted by Crippen LogP contribution is 2.38. The van der Waals surface area contributed by atoms with E-state index in [0.29, 0.717) is 22.8 Å². The standard InChI is InChI=1S/C30H22N4O2/c35-27-17-9-7-15-23(27)29-31-19-25(33(29)21-11-3-1-4-12-21)26-20-32-30(24-16-8-10-18-28(24)36)34(26)22-13-5-2-6-14-22/h1-20,35-36H. The van der Waals surface area contributed by atoms with Gasteiger partial charge in [-0.1, -0.05) is 60.7 Å². The molecule has 0 radical (unpaired) electrons. The molecule has 0 amide bonds. The Bertz CT molecular complexity index is 1530. The highest BCUT2D eigenvalue weighted by molar-refractivity contribution is 5.75. The van der Waals surface area contributed by atoms with Crippen LogP contribution in [0.2, 0.25) is 0 Å². The molecular weight excluding hydrogens is 448 g/mol. The molecule has 6 nitrogen and oxygen atoms in total. The van der Waals surface area contributed by atoms with E-state index in [1.807, 2.05) is 94.1 Å². The molecule has 2 aromatic heterocycles. The number of benzene rings is 4. The maximum absolute atomic E-state index is 10.6. The first-order chi connectivity index (χ1) is 17.7. The van der Waals surface area contributed by atoms with Gasteiger partial charge in [0.15, 0.2) is 0 Å². The van der Waals surface area contributed by atoms with Gasteiger partial charge in [-0.3, -0.25) is 9.13 Å². The number of phenols is 2. The zero-order valence-electron chi connectivity index (χ0n) is 19.2. The van der Waals surface area contributed by atoms with E-state index in [2.05, 4.69) is 0 Å². The molecule has 4 aromatic carbocycles. The van der Waals surface area contributed by atoms with Gasteiger partial charge >= 0.3 is 0 Å². The number of aromatic nitrogens is 4. The predicted molar refractivity (Wildman–Crippen MR) is 140 cm³/mol.